The van der Waals surface area contributed by atoms with E-state index in [1.165, 1.54) is 12.8 Å². The molecule has 0 spiro atoms. The van der Waals surface area contributed by atoms with E-state index in [9.17, 15) is 0 Å². The first kappa shape index (κ1) is 11.0. The van der Waals surface area contributed by atoms with E-state index in [2.05, 4.69) is 23.7 Å². The number of nitrogens with two attached hydrogens (primary N) is 1. The van der Waals surface area contributed by atoms with E-state index in [0.717, 1.165) is 12.4 Å². The predicted octanol–water partition coefficient (Wildman–Crippen LogP) is 2.05. The maximum absolute atomic E-state index is 5.76. The third-order valence-corrected chi connectivity index (χ3v) is 3.25. The van der Waals surface area contributed by atoms with Gasteiger partial charge >= 0.3 is 0 Å². The molecule has 0 unspecified atom stereocenters. The molecule has 2 heterocycles. The summed E-state index contributed by atoms with van der Waals surface area (Å²) in [7, 11) is 1.59. The second-order valence-electron chi connectivity index (χ2n) is 4.84. The minimum Gasteiger partial charge on any atom is -0.479 e. The second kappa shape index (κ2) is 3.85. The van der Waals surface area contributed by atoms with Crippen molar-refractivity contribution in [2.45, 2.75) is 32.2 Å². The molecule has 0 amide bonds. The SMILES string of the molecule is COc1nc(N2CCCC2(C)C)ccc1N. The topological polar surface area (TPSA) is 51.4 Å². The zero-order chi connectivity index (χ0) is 11.8. The average molecular weight is 221 g/mol. The molecule has 0 saturated carbocycles. The van der Waals surface area contributed by atoms with Crippen LogP contribution in [0.25, 0.3) is 0 Å². The number of rotatable bonds is 2. The van der Waals surface area contributed by atoms with Gasteiger partial charge in [0, 0.05) is 12.1 Å². The molecule has 0 bridgehead atoms. The highest BCUT2D eigenvalue weighted by Crippen LogP contribution is 2.34. The van der Waals surface area contributed by atoms with Gasteiger partial charge in [-0.1, -0.05) is 0 Å². The van der Waals surface area contributed by atoms with Crippen LogP contribution in [0.3, 0.4) is 0 Å². The zero-order valence-corrected chi connectivity index (χ0v) is 10.2. The van der Waals surface area contributed by atoms with Gasteiger partial charge in [-0.2, -0.15) is 4.98 Å². The smallest absolute Gasteiger partial charge is 0.238 e. The maximum Gasteiger partial charge on any atom is 0.238 e. The molecule has 0 aliphatic carbocycles. The van der Waals surface area contributed by atoms with Gasteiger partial charge in [0.05, 0.1) is 12.8 Å². The molecule has 4 heteroatoms. The molecule has 1 fully saturated rings. The quantitative estimate of drug-likeness (QED) is 0.830. The highest BCUT2D eigenvalue weighted by atomic mass is 16.5. The summed E-state index contributed by atoms with van der Waals surface area (Å²) in [6.45, 7) is 5.53. The van der Waals surface area contributed by atoms with Crippen molar-refractivity contribution in [2.24, 2.45) is 0 Å². The summed E-state index contributed by atoms with van der Waals surface area (Å²) in [5, 5.41) is 0. The summed E-state index contributed by atoms with van der Waals surface area (Å²) in [4.78, 5) is 6.76. The van der Waals surface area contributed by atoms with Gasteiger partial charge in [0.2, 0.25) is 5.88 Å². The normalized spacial score (nSPS) is 18.8. The lowest BCUT2D eigenvalue weighted by Crippen LogP contribution is -2.38. The van der Waals surface area contributed by atoms with Gasteiger partial charge in [-0.15, -0.1) is 0 Å². The third kappa shape index (κ3) is 1.79. The Bertz CT molecular complexity index is 390. The van der Waals surface area contributed by atoms with Gasteiger partial charge in [-0.3, -0.25) is 0 Å². The largest absolute Gasteiger partial charge is 0.479 e. The van der Waals surface area contributed by atoms with Crippen molar-refractivity contribution in [3.63, 3.8) is 0 Å². The fraction of sp³-hybridized carbons (Fsp3) is 0.583. The first-order valence-corrected chi connectivity index (χ1v) is 5.63. The van der Waals surface area contributed by atoms with Crippen LogP contribution in [0.4, 0.5) is 11.5 Å². The molecule has 16 heavy (non-hydrogen) atoms. The molecule has 1 aromatic heterocycles. The fourth-order valence-corrected chi connectivity index (χ4v) is 2.29. The molecule has 4 nitrogen and oxygen atoms in total. The fourth-order valence-electron chi connectivity index (χ4n) is 2.29. The van der Waals surface area contributed by atoms with Gasteiger partial charge in [-0.05, 0) is 38.8 Å². The number of pyridine rings is 1. The lowest BCUT2D eigenvalue weighted by atomic mass is 10.0. The maximum atomic E-state index is 5.76. The highest BCUT2D eigenvalue weighted by Gasteiger charge is 2.32. The monoisotopic (exact) mass is 221 g/mol. The van der Waals surface area contributed by atoms with Gasteiger partial charge in [-0.25, -0.2) is 0 Å². The lowest BCUT2D eigenvalue weighted by molar-refractivity contribution is 0.399. The average Bonchev–Trinajstić information content (AvgIpc) is 2.59. The van der Waals surface area contributed by atoms with E-state index in [0.29, 0.717) is 11.6 Å². The lowest BCUT2D eigenvalue weighted by Gasteiger charge is -2.32. The summed E-state index contributed by atoms with van der Waals surface area (Å²) in [6.07, 6.45) is 2.41. The Morgan fingerprint density at radius 3 is 2.75 bits per heavy atom. The second-order valence-corrected chi connectivity index (χ2v) is 4.84. The number of anilines is 2. The predicted molar refractivity (Wildman–Crippen MR) is 65.9 cm³/mol. The molecule has 88 valence electrons. The standard InChI is InChI=1S/C12H19N3O/c1-12(2)7-4-8-15(12)10-6-5-9(13)11(14-10)16-3/h5-6H,4,7-8,13H2,1-3H3. The van der Waals surface area contributed by atoms with Crippen LogP contribution in [0.2, 0.25) is 0 Å². The summed E-state index contributed by atoms with van der Waals surface area (Å²) >= 11 is 0. The molecule has 0 aromatic carbocycles. The Kier molecular flexibility index (Phi) is 2.66. The van der Waals surface area contributed by atoms with Crippen molar-refractivity contribution in [2.75, 3.05) is 24.3 Å². The van der Waals surface area contributed by atoms with Crippen LogP contribution in [-0.4, -0.2) is 24.2 Å². The van der Waals surface area contributed by atoms with Crippen LogP contribution in [0.1, 0.15) is 26.7 Å². The van der Waals surface area contributed by atoms with E-state index in [1.807, 2.05) is 12.1 Å². The Morgan fingerprint density at radius 2 is 2.19 bits per heavy atom. The zero-order valence-electron chi connectivity index (χ0n) is 10.2. The van der Waals surface area contributed by atoms with E-state index in [-0.39, 0.29) is 5.54 Å². The molecule has 2 rings (SSSR count). The first-order valence-electron chi connectivity index (χ1n) is 5.63. The summed E-state index contributed by atoms with van der Waals surface area (Å²) in [6, 6.07) is 3.82. The molecule has 1 saturated heterocycles. The van der Waals surface area contributed by atoms with Crippen LogP contribution < -0.4 is 15.4 Å². The Hall–Kier alpha value is -1.45. The molecule has 1 aliphatic heterocycles. The van der Waals surface area contributed by atoms with Crippen LogP contribution >= 0.6 is 0 Å². The summed E-state index contributed by atoms with van der Waals surface area (Å²) in [5.41, 5.74) is 6.52. The molecule has 1 aliphatic rings. The van der Waals surface area contributed by atoms with Crippen molar-refractivity contribution in [3.05, 3.63) is 12.1 Å². The number of aromatic nitrogens is 1. The Labute approximate surface area is 96.4 Å². The number of ether oxygens (including phenoxy) is 1. The molecule has 2 N–H and O–H groups in total. The number of hydrogen-bond donors (Lipinski definition) is 1. The Balaban J connectivity index is 2.34. The van der Waals surface area contributed by atoms with Crippen LogP contribution in [0.5, 0.6) is 5.88 Å². The van der Waals surface area contributed by atoms with Gasteiger partial charge < -0.3 is 15.4 Å². The minimum atomic E-state index is 0.175. The summed E-state index contributed by atoms with van der Waals surface area (Å²) in [5.74, 6) is 1.47. The molecular formula is C12H19N3O. The minimum absolute atomic E-state index is 0.175. The van der Waals surface area contributed by atoms with Gasteiger partial charge in [0.15, 0.2) is 0 Å². The molecular weight excluding hydrogens is 202 g/mol. The van der Waals surface area contributed by atoms with Crippen LogP contribution in [-0.2, 0) is 0 Å². The van der Waals surface area contributed by atoms with E-state index < -0.39 is 0 Å². The van der Waals surface area contributed by atoms with Crippen molar-refractivity contribution in [1.29, 1.82) is 0 Å². The number of nitrogen functional groups attached to an aromatic ring is 1. The van der Waals surface area contributed by atoms with Crippen molar-refractivity contribution in [3.8, 4) is 5.88 Å². The highest BCUT2D eigenvalue weighted by molar-refractivity contribution is 5.55. The van der Waals surface area contributed by atoms with E-state index >= 15 is 0 Å². The number of methoxy groups -OCH3 is 1. The molecule has 0 atom stereocenters. The van der Waals surface area contributed by atoms with E-state index in [1.54, 1.807) is 7.11 Å². The van der Waals surface area contributed by atoms with E-state index in [4.69, 9.17) is 10.5 Å². The Morgan fingerprint density at radius 1 is 1.44 bits per heavy atom. The molecule has 1 aromatic rings. The van der Waals surface area contributed by atoms with Crippen molar-refractivity contribution in [1.82, 2.24) is 4.98 Å². The van der Waals surface area contributed by atoms with Gasteiger partial charge in [0.25, 0.3) is 0 Å². The first-order chi connectivity index (χ1) is 7.54. The van der Waals surface area contributed by atoms with Crippen LogP contribution in [0.15, 0.2) is 12.1 Å². The third-order valence-electron chi connectivity index (χ3n) is 3.25. The summed E-state index contributed by atoms with van der Waals surface area (Å²) < 4.78 is 5.15. The van der Waals surface area contributed by atoms with Crippen LogP contribution in [0, 0.1) is 0 Å². The van der Waals surface area contributed by atoms with Gasteiger partial charge in [0.1, 0.15) is 5.82 Å². The number of nitrogens with zero attached hydrogens (tertiary/aromatic N) is 2. The number of hydrogen-bond acceptors (Lipinski definition) is 4. The van der Waals surface area contributed by atoms with Crippen molar-refractivity contribution < 1.29 is 4.74 Å². The molecule has 0 radical (unpaired) electrons. The van der Waals surface area contributed by atoms with Crippen molar-refractivity contribution >= 4 is 11.5 Å².